The molecule has 1 aromatic heterocycles. The molecule has 1 rings (SSSR count). The minimum absolute atomic E-state index is 0.105. The number of nitrogens with one attached hydrogen (secondary N) is 1. The first-order valence-corrected chi connectivity index (χ1v) is 4.47. The maximum Gasteiger partial charge on any atom is 0.270 e. The second-order valence-electron chi connectivity index (χ2n) is 2.01. The van der Waals surface area contributed by atoms with E-state index in [0.717, 1.165) is 0 Å². The lowest BCUT2D eigenvalue weighted by molar-refractivity contribution is 0.148. The maximum absolute atomic E-state index is 12.2. The molecule has 0 atom stereocenters. The zero-order chi connectivity index (χ0) is 9.30. The number of hydrogen-bond acceptors (Lipinski definition) is 1. The van der Waals surface area contributed by atoms with E-state index in [1.807, 2.05) is 0 Å². The van der Waals surface area contributed by atoms with Gasteiger partial charge in [-0.1, -0.05) is 15.9 Å². The van der Waals surface area contributed by atoms with Crippen LogP contribution in [0.5, 0.6) is 0 Å². The summed E-state index contributed by atoms with van der Waals surface area (Å²) in [6.45, 7) is 0. The fraction of sp³-hybridized carbons (Fsp3) is 0.167. The van der Waals surface area contributed by atoms with Crippen LogP contribution in [-0.2, 0) is 0 Å². The van der Waals surface area contributed by atoms with Crippen LogP contribution in [0.2, 0.25) is 0 Å². The predicted molar refractivity (Wildman–Crippen MR) is 47.4 cm³/mol. The molecule has 0 amide bonds. The van der Waals surface area contributed by atoms with Gasteiger partial charge in [0.15, 0.2) is 0 Å². The Hall–Kier alpha value is -0.230. The monoisotopic (exact) mass is 301 g/mol. The van der Waals surface area contributed by atoms with Gasteiger partial charge in [0, 0.05) is 4.47 Å². The van der Waals surface area contributed by atoms with Crippen LogP contribution in [0.25, 0.3) is 0 Å². The van der Waals surface area contributed by atoms with Crippen LogP contribution < -0.4 is 5.56 Å². The molecule has 0 aliphatic heterocycles. The summed E-state index contributed by atoms with van der Waals surface area (Å²) in [5.74, 6) is 0. The Labute approximate surface area is 83.2 Å². The lowest BCUT2D eigenvalue weighted by atomic mass is 10.3. The van der Waals surface area contributed by atoms with Gasteiger partial charge in [0.2, 0.25) is 0 Å². The third-order valence-corrected chi connectivity index (χ3v) is 2.29. The Morgan fingerprint density at radius 1 is 1.42 bits per heavy atom. The minimum atomic E-state index is -2.77. The second kappa shape index (κ2) is 3.66. The van der Waals surface area contributed by atoms with Gasteiger partial charge in [0.25, 0.3) is 12.0 Å². The van der Waals surface area contributed by atoms with E-state index in [-0.39, 0.29) is 4.47 Å². The molecule has 1 N–H and O–H groups in total. The quantitative estimate of drug-likeness (QED) is 0.795. The summed E-state index contributed by atoms with van der Waals surface area (Å²) < 4.78 is 24.8. The second-order valence-corrected chi connectivity index (χ2v) is 3.72. The van der Waals surface area contributed by atoms with Crippen molar-refractivity contribution in [3.63, 3.8) is 0 Å². The van der Waals surface area contributed by atoms with Gasteiger partial charge in [-0.25, -0.2) is 8.78 Å². The maximum atomic E-state index is 12.2. The molecule has 0 spiro atoms. The van der Waals surface area contributed by atoms with Crippen molar-refractivity contribution >= 4 is 31.9 Å². The van der Waals surface area contributed by atoms with Crippen molar-refractivity contribution in [3.05, 3.63) is 31.1 Å². The molecule has 12 heavy (non-hydrogen) atoms. The smallest absolute Gasteiger partial charge is 0.270 e. The average Bonchev–Trinajstić information content (AvgIpc) is 1.82. The van der Waals surface area contributed by atoms with Gasteiger partial charge in [0.1, 0.15) is 0 Å². The third kappa shape index (κ3) is 1.92. The molecular weight excluding hydrogens is 300 g/mol. The third-order valence-electron chi connectivity index (χ3n) is 1.21. The van der Waals surface area contributed by atoms with Crippen LogP contribution in [0.15, 0.2) is 19.9 Å². The van der Waals surface area contributed by atoms with Gasteiger partial charge >= 0.3 is 0 Å². The number of alkyl halides is 2. The topological polar surface area (TPSA) is 32.9 Å². The standard InChI is InChI=1S/C6H3Br2F2NO/c7-2-1-3(8)11-6(12)4(2)5(9)10/h1,5H,(H,11,12). The highest BCUT2D eigenvalue weighted by Crippen LogP contribution is 2.24. The van der Waals surface area contributed by atoms with Crippen molar-refractivity contribution in [1.82, 2.24) is 4.98 Å². The molecule has 0 aromatic carbocycles. The highest BCUT2D eigenvalue weighted by atomic mass is 79.9. The first-order valence-electron chi connectivity index (χ1n) is 2.88. The Morgan fingerprint density at radius 2 is 2.00 bits per heavy atom. The lowest BCUT2D eigenvalue weighted by Crippen LogP contribution is -2.13. The van der Waals surface area contributed by atoms with Crippen molar-refractivity contribution in [3.8, 4) is 0 Å². The summed E-state index contributed by atoms with van der Waals surface area (Å²) in [7, 11) is 0. The van der Waals surface area contributed by atoms with Crippen molar-refractivity contribution in [2.24, 2.45) is 0 Å². The normalized spacial score (nSPS) is 10.8. The highest BCUT2D eigenvalue weighted by molar-refractivity contribution is 9.11. The molecule has 0 unspecified atom stereocenters. The van der Waals surface area contributed by atoms with E-state index in [4.69, 9.17) is 0 Å². The fourth-order valence-electron chi connectivity index (χ4n) is 0.713. The summed E-state index contributed by atoms with van der Waals surface area (Å²) in [5, 5.41) is 0. The van der Waals surface area contributed by atoms with E-state index < -0.39 is 17.5 Å². The molecule has 1 aromatic rings. The Kier molecular flexibility index (Phi) is 3.00. The first-order chi connectivity index (χ1) is 5.52. The molecule has 0 fully saturated rings. The van der Waals surface area contributed by atoms with Crippen LogP contribution in [0, 0.1) is 0 Å². The van der Waals surface area contributed by atoms with Gasteiger partial charge < -0.3 is 4.98 Å². The zero-order valence-corrected chi connectivity index (χ0v) is 8.75. The largest absolute Gasteiger partial charge is 0.316 e. The van der Waals surface area contributed by atoms with Crippen molar-refractivity contribution < 1.29 is 8.78 Å². The summed E-state index contributed by atoms with van der Waals surface area (Å²) in [6.07, 6.45) is -2.77. The van der Waals surface area contributed by atoms with E-state index in [1.165, 1.54) is 6.07 Å². The highest BCUT2D eigenvalue weighted by Gasteiger charge is 2.16. The van der Waals surface area contributed by atoms with Crippen LogP contribution in [0.4, 0.5) is 8.78 Å². The van der Waals surface area contributed by atoms with Gasteiger partial charge in [-0.3, -0.25) is 4.79 Å². The summed E-state index contributed by atoms with van der Waals surface area (Å²) >= 11 is 5.83. The molecule has 0 aliphatic rings. The van der Waals surface area contributed by atoms with E-state index in [9.17, 15) is 13.6 Å². The van der Waals surface area contributed by atoms with E-state index in [1.54, 1.807) is 0 Å². The van der Waals surface area contributed by atoms with Crippen LogP contribution in [0.3, 0.4) is 0 Å². The Balaban J connectivity index is 3.39. The number of H-pyrrole nitrogens is 1. The molecule has 6 heteroatoms. The van der Waals surface area contributed by atoms with Crippen LogP contribution >= 0.6 is 31.9 Å². The van der Waals surface area contributed by atoms with E-state index in [0.29, 0.717) is 4.60 Å². The molecule has 2 nitrogen and oxygen atoms in total. The van der Waals surface area contributed by atoms with Gasteiger partial charge in [0.05, 0.1) is 10.2 Å². The number of pyridine rings is 1. The minimum Gasteiger partial charge on any atom is -0.316 e. The number of aromatic nitrogens is 1. The fourth-order valence-corrected chi connectivity index (χ4v) is 2.01. The summed E-state index contributed by atoms with van der Waals surface area (Å²) in [4.78, 5) is 13.1. The predicted octanol–water partition coefficient (Wildman–Crippen LogP) is 2.84. The zero-order valence-electron chi connectivity index (χ0n) is 5.57. The molecule has 0 radical (unpaired) electrons. The number of aromatic amines is 1. The molecule has 0 bridgehead atoms. The number of rotatable bonds is 1. The van der Waals surface area contributed by atoms with Crippen LogP contribution in [-0.4, -0.2) is 4.98 Å². The number of hydrogen-bond donors (Lipinski definition) is 1. The summed E-state index contributed by atoms with van der Waals surface area (Å²) in [5.41, 5.74) is -1.33. The van der Waals surface area contributed by atoms with E-state index >= 15 is 0 Å². The Bertz CT molecular complexity index is 350. The Morgan fingerprint density at radius 3 is 2.42 bits per heavy atom. The van der Waals surface area contributed by atoms with Crippen molar-refractivity contribution in [2.75, 3.05) is 0 Å². The van der Waals surface area contributed by atoms with Gasteiger partial charge in [-0.15, -0.1) is 0 Å². The molecule has 0 saturated heterocycles. The molecule has 0 aliphatic carbocycles. The molecule has 0 saturated carbocycles. The average molecular weight is 303 g/mol. The SMILES string of the molecule is O=c1[nH]c(Br)cc(Br)c1C(F)F. The van der Waals surface area contributed by atoms with Crippen molar-refractivity contribution in [1.29, 1.82) is 0 Å². The molecule has 1 heterocycles. The summed E-state index contributed by atoms with van der Waals surface area (Å²) in [6, 6.07) is 1.36. The lowest BCUT2D eigenvalue weighted by Gasteiger charge is -2.01. The van der Waals surface area contributed by atoms with Crippen LogP contribution in [0.1, 0.15) is 12.0 Å². The van der Waals surface area contributed by atoms with Crippen molar-refractivity contribution in [2.45, 2.75) is 6.43 Å². The number of halogens is 4. The molecule has 66 valence electrons. The van der Waals surface area contributed by atoms with E-state index in [2.05, 4.69) is 36.8 Å². The molecular formula is C6H3Br2F2NO. The van der Waals surface area contributed by atoms with Gasteiger partial charge in [-0.05, 0) is 22.0 Å². The van der Waals surface area contributed by atoms with Gasteiger partial charge in [-0.2, -0.15) is 0 Å². The first kappa shape index (κ1) is 9.85.